The zero-order chi connectivity index (χ0) is 13.3. The van der Waals surface area contributed by atoms with Gasteiger partial charge in [-0.2, -0.15) is 0 Å². The van der Waals surface area contributed by atoms with E-state index in [0.29, 0.717) is 11.0 Å². The summed E-state index contributed by atoms with van der Waals surface area (Å²) in [4.78, 5) is 11.9. The fraction of sp³-hybridized carbons (Fsp3) is 0.357. The van der Waals surface area contributed by atoms with Crippen molar-refractivity contribution in [2.75, 3.05) is 6.54 Å². The number of carbonyl (C=O) groups excluding carboxylic acids is 1. The molecule has 4 heteroatoms. The predicted octanol–water partition coefficient (Wildman–Crippen LogP) is 3.14. The minimum Gasteiger partial charge on any atom is -0.453 e. The highest BCUT2D eigenvalue weighted by molar-refractivity contribution is 5.98. The van der Waals surface area contributed by atoms with E-state index in [-0.39, 0.29) is 29.4 Å². The minimum absolute atomic E-state index is 0.131. The Bertz CT molecular complexity index is 581. The predicted molar refractivity (Wildman–Crippen MR) is 68.3 cm³/mol. The Morgan fingerprint density at radius 2 is 2.06 bits per heavy atom. The van der Waals surface area contributed by atoms with Gasteiger partial charge in [0.1, 0.15) is 11.4 Å². The van der Waals surface area contributed by atoms with Crippen LogP contribution in [0.4, 0.5) is 4.39 Å². The summed E-state index contributed by atoms with van der Waals surface area (Å²) < 4.78 is 18.4. The van der Waals surface area contributed by atoms with E-state index in [4.69, 9.17) is 4.42 Å². The average Bonchev–Trinajstić information content (AvgIpc) is 2.67. The molecule has 3 nitrogen and oxygen atoms in total. The van der Waals surface area contributed by atoms with Crippen molar-refractivity contribution < 1.29 is 13.6 Å². The molecule has 0 spiro atoms. The molecule has 0 amide bonds. The second kappa shape index (κ2) is 4.53. The second-order valence-corrected chi connectivity index (χ2v) is 5.32. The molecular weight excluding hydrogens is 233 g/mol. The lowest BCUT2D eigenvalue weighted by Gasteiger charge is -2.19. The highest BCUT2D eigenvalue weighted by Gasteiger charge is 2.16. The van der Waals surface area contributed by atoms with Gasteiger partial charge in [0.15, 0.2) is 5.76 Å². The zero-order valence-corrected chi connectivity index (χ0v) is 10.7. The molecular formula is C14H16FNO2. The van der Waals surface area contributed by atoms with Crippen molar-refractivity contribution in [1.29, 1.82) is 0 Å². The Morgan fingerprint density at radius 1 is 1.33 bits per heavy atom. The molecule has 0 saturated heterocycles. The molecule has 0 bridgehead atoms. The first kappa shape index (κ1) is 12.8. The van der Waals surface area contributed by atoms with Crippen LogP contribution in [-0.4, -0.2) is 17.9 Å². The standard InChI is InChI=1S/C14H16FNO2/c1-14(2,3)16-8-11(17)13-7-9-6-10(15)4-5-12(9)18-13/h4-7,16H,8H2,1-3H3. The van der Waals surface area contributed by atoms with Crippen LogP contribution >= 0.6 is 0 Å². The molecule has 0 saturated carbocycles. The number of Topliss-reactive ketones (excluding diaryl/α,β-unsaturated/α-hetero) is 1. The summed E-state index contributed by atoms with van der Waals surface area (Å²) in [7, 11) is 0. The van der Waals surface area contributed by atoms with E-state index >= 15 is 0 Å². The van der Waals surface area contributed by atoms with Crippen LogP contribution in [0, 0.1) is 5.82 Å². The van der Waals surface area contributed by atoms with Crippen LogP contribution in [0.15, 0.2) is 28.7 Å². The largest absolute Gasteiger partial charge is 0.453 e. The maximum atomic E-state index is 13.0. The maximum absolute atomic E-state index is 13.0. The third kappa shape index (κ3) is 2.96. The summed E-state index contributed by atoms with van der Waals surface area (Å²) in [5.41, 5.74) is 0.392. The normalized spacial score (nSPS) is 12.0. The van der Waals surface area contributed by atoms with E-state index in [0.717, 1.165) is 0 Å². The number of hydrogen-bond acceptors (Lipinski definition) is 3. The Kier molecular flexibility index (Phi) is 3.22. The van der Waals surface area contributed by atoms with Crippen LogP contribution in [0.2, 0.25) is 0 Å². The van der Waals surface area contributed by atoms with Gasteiger partial charge in [-0.15, -0.1) is 0 Å². The molecule has 0 radical (unpaired) electrons. The van der Waals surface area contributed by atoms with E-state index < -0.39 is 0 Å². The molecule has 2 rings (SSSR count). The van der Waals surface area contributed by atoms with Crippen molar-refractivity contribution in [2.45, 2.75) is 26.3 Å². The Labute approximate surface area is 105 Å². The van der Waals surface area contributed by atoms with E-state index in [9.17, 15) is 9.18 Å². The Balaban J connectivity index is 2.18. The summed E-state index contributed by atoms with van der Waals surface area (Å²) in [6, 6.07) is 5.77. The van der Waals surface area contributed by atoms with Crippen molar-refractivity contribution in [2.24, 2.45) is 0 Å². The fourth-order valence-corrected chi connectivity index (χ4v) is 1.58. The maximum Gasteiger partial charge on any atom is 0.211 e. The van der Waals surface area contributed by atoms with Gasteiger partial charge >= 0.3 is 0 Å². The number of ketones is 1. The average molecular weight is 249 g/mol. The first-order valence-electron chi connectivity index (χ1n) is 5.82. The first-order valence-corrected chi connectivity index (χ1v) is 5.82. The van der Waals surface area contributed by atoms with Gasteiger partial charge < -0.3 is 9.73 Å². The van der Waals surface area contributed by atoms with Gasteiger partial charge in [-0.3, -0.25) is 4.79 Å². The number of halogens is 1. The number of fused-ring (bicyclic) bond motifs is 1. The number of nitrogens with one attached hydrogen (secondary N) is 1. The summed E-state index contributed by atoms with van der Waals surface area (Å²) >= 11 is 0. The monoisotopic (exact) mass is 249 g/mol. The van der Waals surface area contributed by atoms with Gasteiger partial charge in [0.2, 0.25) is 5.78 Å². The summed E-state index contributed by atoms with van der Waals surface area (Å²) in [5, 5.41) is 3.70. The van der Waals surface area contributed by atoms with Crippen molar-refractivity contribution in [3.05, 3.63) is 35.8 Å². The van der Waals surface area contributed by atoms with E-state index in [2.05, 4.69) is 5.32 Å². The molecule has 1 aromatic carbocycles. The molecule has 1 N–H and O–H groups in total. The fourth-order valence-electron chi connectivity index (χ4n) is 1.58. The van der Waals surface area contributed by atoms with Gasteiger partial charge in [-0.25, -0.2) is 4.39 Å². The molecule has 0 fully saturated rings. The van der Waals surface area contributed by atoms with E-state index in [1.165, 1.54) is 18.2 Å². The zero-order valence-electron chi connectivity index (χ0n) is 10.7. The topological polar surface area (TPSA) is 42.2 Å². The third-order valence-corrected chi connectivity index (χ3v) is 2.53. The van der Waals surface area contributed by atoms with Crippen molar-refractivity contribution in [1.82, 2.24) is 5.32 Å². The number of hydrogen-bond donors (Lipinski definition) is 1. The minimum atomic E-state index is -0.338. The lowest BCUT2D eigenvalue weighted by molar-refractivity contribution is 0.0957. The highest BCUT2D eigenvalue weighted by atomic mass is 19.1. The van der Waals surface area contributed by atoms with Crippen molar-refractivity contribution >= 4 is 16.8 Å². The second-order valence-electron chi connectivity index (χ2n) is 5.32. The molecule has 1 heterocycles. The molecule has 18 heavy (non-hydrogen) atoms. The quantitative estimate of drug-likeness (QED) is 0.850. The molecule has 2 aromatic rings. The lowest BCUT2D eigenvalue weighted by Crippen LogP contribution is -2.39. The number of furan rings is 1. The molecule has 0 atom stereocenters. The number of carbonyl (C=O) groups is 1. The van der Waals surface area contributed by atoms with Gasteiger partial charge in [0, 0.05) is 10.9 Å². The molecule has 0 aliphatic heterocycles. The van der Waals surface area contributed by atoms with Crippen LogP contribution in [0.3, 0.4) is 0 Å². The Morgan fingerprint density at radius 3 is 2.72 bits per heavy atom. The van der Waals surface area contributed by atoms with Crippen LogP contribution in [-0.2, 0) is 0 Å². The van der Waals surface area contributed by atoms with Gasteiger partial charge in [-0.1, -0.05) is 0 Å². The first-order chi connectivity index (χ1) is 8.35. The third-order valence-electron chi connectivity index (χ3n) is 2.53. The van der Waals surface area contributed by atoms with Gasteiger partial charge in [0.05, 0.1) is 6.54 Å². The van der Waals surface area contributed by atoms with Gasteiger partial charge in [-0.05, 0) is 45.0 Å². The van der Waals surface area contributed by atoms with Crippen LogP contribution in [0.1, 0.15) is 31.3 Å². The van der Waals surface area contributed by atoms with E-state index in [1.807, 2.05) is 20.8 Å². The molecule has 0 aliphatic carbocycles. The van der Waals surface area contributed by atoms with Crippen LogP contribution < -0.4 is 5.32 Å². The summed E-state index contributed by atoms with van der Waals surface area (Å²) in [6.45, 7) is 6.14. The van der Waals surface area contributed by atoms with Crippen molar-refractivity contribution in [3.63, 3.8) is 0 Å². The smallest absolute Gasteiger partial charge is 0.211 e. The lowest BCUT2D eigenvalue weighted by atomic mass is 10.1. The van der Waals surface area contributed by atoms with Crippen LogP contribution in [0.5, 0.6) is 0 Å². The summed E-state index contributed by atoms with van der Waals surface area (Å²) in [5.74, 6) is -0.219. The molecule has 1 aromatic heterocycles. The van der Waals surface area contributed by atoms with Gasteiger partial charge in [0.25, 0.3) is 0 Å². The molecule has 96 valence electrons. The van der Waals surface area contributed by atoms with Crippen molar-refractivity contribution in [3.8, 4) is 0 Å². The number of rotatable bonds is 3. The molecule has 0 aliphatic rings. The molecule has 0 unspecified atom stereocenters. The van der Waals surface area contributed by atoms with E-state index in [1.54, 1.807) is 6.07 Å². The SMILES string of the molecule is CC(C)(C)NCC(=O)c1cc2cc(F)ccc2o1. The summed E-state index contributed by atoms with van der Waals surface area (Å²) in [6.07, 6.45) is 0. The number of benzene rings is 1. The highest BCUT2D eigenvalue weighted by Crippen LogP contribution is 2.20. The van der Waals surface area contributed by atoms with Crippen LogP contribution in [0.25, 0.3) is 11.0 Å². The Hall–Kier alpha value is -1.68.